The maximum Gasteiger partial charge on any atom is 0.329 e. The van der Waals surface area contributed by atoms with Crippen molar-refractivity contribution in [3.05, 3.63) is 0 Å². The molecule has 0 radical (unpaired) electrons. The highest BCUT2D eigenvalue weighted by Gasteiger charge is 2.30. The zero-order valence-electron chi connectivity index (χ0n) is 20.1. The number of hydrogen-bond donors (Lipinski definition) is 2. The van der Waals surface area contributed by atoms with Crippen molar-refractivity contribution in [2.75, 3.05) is 0 Å². The quantitative estimate of drug-likeness (QED) is 0.380. The number of amides is 2. The monoisotopic (exact) mass is 398 g/mol. The average molecular weight is 399 g/mol. The van der Waals surface area contributed by atoms with Crippen molar-refractivity contribution >= 4 is 12.0 Å². The highest BCUT2D eigenvalue weighted by atomic mass is 16.6. The minimum atomic E-state index is -0.617. The topological polar surface area (TPSA) is 67.4 Å². The Hall–Kier alpha value is -1.26. The summed E-state index contributed by atoms with van der Waals surface area (Å²) in [5.74, 6) is -0.360. The van der Waals surface area contributed by atoms with Gasteiger partial charge in [0.25, 0.3) is 0 Å². The molecule has 5 nitrogen and oxygen atoms in total. The molecule has 2 atom stereocenters. The second kappa shape index (κ2) is 11.1. The Morgan fingerprint density at radius 2 is 1.43 bits per heavy atom. The summed E-state index contributed by atoms with van der Waals surface area (Å²) in [5.41, 5.74) is -0.425. The van der Waals surface area contributed by atoms with Gasteiger partial charge in [0.1, 0.15) is 11.6 Å². The van der Waals surface area contributed by atoms with Crippen molar-refractivity contribution in [2.45, 2.75) is 125 Å². The van der Waals surface area contributed by atoms with Crippen molar-refractivity contribution in [1.82, 2.24) is 10.6 Å². The number of ether oxygens (including phenoxy) is 1. The van der Waals surface area contributed by atoms with E-state index >= 15 is 0 Å². The lowest BCUT2D eigenvalue weighted by molar-refractivity contribution is -0.157. The van der Waals surface area contributed by atoms with Gasteiger partial charge in [0.2, 0.25) is 0 Å². The molecule has 0 rings (SSSR count). The van der Waals surface area contributed by atoms with E-state index in [-0.39, 0.29) is 28.9 Å². The van der Waals surface area contributed by atoms with Gasteiger partial charge in [0, 0.05) is 6.04 Å². The molecule has 28 heavy (non-hydrogen) atoms. The van der Waals surface area contributed by atoms with Gasteiger partial charge in [-0.2, -0.15) is 0 Å². The van der Waals surface area contributed by atoms with Crippen LogP contribution >= 0.6 is 0 Å². The second-order valence-electron chi connectivity index (χ2n) is 11.2. The minimum Gasteiger partial charge on any atom is -0.458 e. The first-order valence-corrected chi connectivity index (χ1v) is 10.8. The summed E-state index contributed by atoms with van der Waals surface area (Å²) in [6.07, 6.45) is 5.48. The van der Waals surface area contributed by atoms with Gasteiger partial charge in [-0.15, -0.1) is 0 Å². The smallest absolute Gasteiger partial charge is 0.329 e. The molecule has 0 saturated carbocycles. The highest BCUT2D eigenvalue weighted by molar-refractivity contribution is 5.83. The van der Waals surface area contributed by atoms with E-state index in [1.165, 1.54) is 0 Å². The average Bonchev–Trinajstić information content (AvgIpc) is 2.46. The van der Waals surface area contributed by atoms with Crippen LogP contribution in [0.15, 0.2) is 0 Å². The Balaban J connectivity index is 5.06. The first kappa shape index (κ1) is 26.7. The molecule has 2 unspecified atom stereocenters. The van der Waals surface area contributed by atoms with E-state index in [1.807, 2.05) is 20.8 Å². The molecule has 0 saturated heterocycles. The molecule has 0 aromatic heterocycles. The lowest BCUT2D eigenvalue weighted by Gasteiger charge is -2.34. The van der Waals surface area contributed by atoms with E-state index in [0.717, 1.165) is 32.1 Å². The van der Waals surface area contributed by atoms with Crippen molar-refractivity contribution in [2.24, 2.45) is 10.8 Å². The van der Waals surface area contributed by atoms with E-state index in [9.17, 15) is 9.59 Å². The number of esters is 1. The number of nitrogens with one attached hydrogen (secondary N) is 2. The maximum absolute atomic E-state index is 12.7. The molecular weight excluding hydrogens is 352 g/mol. The zero-order valence-corrected chi connectivity index (χ0v) is 20.1. The van der Waals surface area contributed by atoms with E-state index in [0.29, 0.717) is 6.42 Å². The molecule has 0 fully saturated rings. The van der Waals surface area contributed by atoms with Crippen LogP contribution in [0.25, 0.3) is 0 Å². The molecular formula is C23H46N2O3. The van der Waals surface area contributed by atoms with Gasteiger partial charge in [0.15, 0.2) is 0 Å². The molecule has 2 amide bonds. The van der Waals surface area contributed by atoms with Crippen molar-refractivity contribution in [1.29, 1.82) is 0 Å². The summed E-state index contributed by atoms with van der Waals surface area (Å²) >= 11 is 0. The van der Waals surface area contributed by atoms with Crippen molar-refractivity contribution < 1.29 is 14.3 Å². The summed E-state index contributed by atoms with van der Waals surface area (Å²) in [5, 5.41) is 5.98. The number of urea groups is 1. The number of rotatable bonds is 9. The van der Waals surface area contributed by atoms with Crippen LogP contribution in [0.3, 0.4) is 0 Å². The van der Waals surface area contributed by atoms with Gasteiger partial charge in [-0.25, -0.2) is 9.59 Å². The standard InChI is InChI=1S/C23H46N2O3/c1-11-12-13-14-17(19(26)28-23(8,9)10)24-20(27)25-18(22(5,6)7)15-16-21(2,3)4/h17-18H,11-16H2,1-10H3,(H2,24,25,27). The largest absolute Gasteiger partial charge is 0.458 e. The van der Waals surface area contributed by atoms with Crippen LogP contribution in [0.2, 0.25) is 0 Å². The summed E-state index contributed by atoms with van der Waals surface area (Å²) in [4.78, 5) is 25.3. The van der Waals surface area contributed by atoms with E-state index in [4.69, 9.17) is 4.74 Å². The minimum absolute atomic E-state index is 0.0293. The van der Waals surface area contributed by atoms with Crippen LogP contribution in [0.5, 0.6) is 0 Å². The van der Waals surface area contributed by atoms with Gasteiger partial charge in [0.05, 0.1) is 0 Å². The fourth-order valence-electron chi connectivity index (χ4n) is 2.88. The van der Waals surface area contributed by atoms with Crippen LogP contribution in [-0.2, 0) is 9.53 Å². The maximum atomic E-state index is 12.7. The first-order valence-electron chi connectivity index (χ1n) is 10.8. The Kier molecular flexibility index (Phi) is 10.6. The third kappa shape index (κ3) is 13.0. The molecule has 0 heterocycles. The van der Waals surface area contributed by atoms with Gasteiger partial charge >= 0.3 is 12.0 Å². The molecule has 0 aliphatic heterocycles. The zero-order chi connectivity index (χ0) is 22.2. The molecule has 5 heteroatoms. The van der Waals surface area contributed by atoms with Gasteiger partial charge in [-0.05, 0) is 50.9 Å². The molecule has 0 spiro atoms. The molecule has 0 bridgehead atoms. The normalized spacial score (nSPS) is 14.9. The van der Waals surface area contributed by atoms with Gasteiger partial charge in [-0.3, -0.25) is 0 Å². The third-order valence-corrected chi connectivity index (χ3v) is 4.63. The Morgan fingerprint density at radius 1 is 0.857 bits per heavy atom. The highest BCUT2D eigenvalue weighted by Crippen LogP contribution is 2.28. The van der Waals surface area contributed by atoms with Crippen molar-refractivity contribution in [3.8, 4) is 0 Å². The summed E-state index contributed by atoms with van der Waals surface area (Å²) in [7, 11) is 0. The summed E-state index contributed by atoms with van der Waals surface area (Å²) in [6.45, 7) is 20.7. The van der Waals surface area contributed by atoms with Gasteiger partial charge < -0.3 is 15.4 Å². The Labute approximate surface area is 173 Å². The SMILES string of the molecule is CCCCCC(NC(=O)NC(CCC(C)(C)C)C(C)(C)C)C(=O)OC(C)(C)C. The number of carbonyl (C=O) groups excluding carboxylic acids is 2. The molecule has 0 aromatic rings. The van der Waals surface area contributed by atoms with Gasteiger partial charge in [-0.1, -0.05) is 67.7 Å². The van der Waals surface area contributed by atoms with Crippen LogP contribution in [0.1, 0.15) is 108 Å². The van der Waals surface area contributed by atoms with Crippen LogP contribution in [-0.4, -0.2) is 29.7 Å². The molecule has 0 aliphatic rings. The summed E-state index contributed by atoms with van der Waals surface area (Å²) in [6, 6.07) is -0.878. The number of hydrogen-bond acceptors (Lipinski definition) is 3. The van der Waals surface area contributed by atoms with Crippen LogP contribution in [0.4, 0.5) is 4.79 Å². The Bertz CT molecular complexity index is 482. The van der Waals surface area contributed by atoms with Crippen LogP contribution < -0.4 is 10.6 Å². The van der Waals surface area contributed by atoms with E-state index in [1.54, 1.807) is 0 Å². The molecule has 2 N–H and O–H groups in total. The van der Waals surface area contributed by atoms with E-state index in [2.05, 4.69) is 59.1 Å². The second-order valence-corrected chi connectivity index (χ2v) is 11.2. The fourth-order valence-corrected chi connectivity index (χ4v) is 2.88. The number of unbranched alkanes of at least 4 members (excludes halogenated alkanes) is 2. The molecule has 0 aromatic carbocycles. The summed E-state index contributed by atoms with van der Waals surface area (Å²) < 4.78 is 5.51. The van der Waals surface area contributed by atoms with E-state index < -0.39 is 11.6 Å². The predicted molar refractivity (Wildman–Crippen MR) is 117 cm³/mol. The third-order valence-electron chi connectivity index (χ3n) is 4.63. The number of carbonyl (C=O) groups is 2. The predicted octanol–water partition coefficient (Wildman–Crippen LogP) is 5.82. The lowest BCUT2D eigenvalue weighted by atomic mass is 9.80. The molecule has 0 aliphatic carbocycles. The lowest BCUT2D eigenvalue weighted by Crippen LogP contribution is -2.53. The molecule has 166 valence electrons. The van der Waals surface area contributed by atoms with Crippen molar-refractivity contribution in [3.63, 3.8) is 0 Å². The first-order chi connectivity index (χ1) is 12.5. The fraction of sp³-hybridized carbons (Fsp3) is 0.913. The Morgan fingerprint density at radius 3 is 1.86 bits per heavy atom. The van der Waals surface area contributed by atoms with Crippen LogP contribution in [0, 0.1) is 10.8 Å².